The molecule has 1 aliphatic carbocycles. The van der Waals surface area contributed by atoms with E-state index in [-0.39, 0.29) is 11.7 Å². The molecular weight excluding hydrogens is 244 g/mol. The van der Waals surface area contributed by atoms with E-state index in [1.54, 1.807) is 24.3 Å². The van der Waals surface area contributed by atoms with Crippen molar-refractivity contribution in [3.05, 3.63) is 29.8 Å². The van der Waals surface area contributed by atoms with E-state index in [4.69, 9.17) is 5.90 Å². The molecule has 0 spiro atoms. The van der Waals surface area contributed by atoms with Gasteiger partial charge in [-0.15, -0.1) is 0 Å². The van der Waals surface area contributed by atoms with Crippen molar-refractivity contribution in [3.8, 4) is 0 Å². The van der Waals surface area contributed by atoms with Crippen LogP contribution in [0.25, 0.3) is 0 Å². The molecule has 0 aromatic heterocycles. The lowest BCUT2D eigenvalue weighted by Gasteiger charge is -2.20. The number of hydrogen-bond donors (Lipinski definition) is 1. The minimum Gasteiger partial charge on any atom is -0.373 e. The van der Waals surface area contributed by atoms with E-state index in [1.165, 1.54) is 0 Å². The topological polar surface area (TPSA) is 81.8 Å². The number of Topliss-reactive ketones (excluding diaryl/α,β-unsaturated/α-hetero) is 1. The smallest absolute Gasteiger partial charge is 0.332 e. The molecule has 100 valence electrons. The lowest BCUT2D eigenvalue weighted by molar-refractivity contribution is -0.147. The van der Waals surface area contributed by atoms with E-state index in [0.717, 1.165) is 11.3 Å². The van der Waals surface area contributed by atoms with Crippen LogP contribution < -0.4 is 5.90 Å². The molecule has 1 fully saturated rings. The largest absolute Gasteiger partial charge is 0.373 e. The zero-order valence-corrected chi connectivity index (χ0v) is 10.5. The Kier molecular flexibility index (Phi) is 4.06. The van der Waals surface area contributed by atoms with Gasteiger partial charge in [-0.05, 0) is 36.8 Å². The summed E-state index contributed by atoms with van der Waals surface area (Å²) in [7, 11) is 0. The molecule has 2 N–H and O–H groups in total. The van der Waals surface area contributed by atoms with Crippen LogP contribution in [0.2, 0.25) is 0 Å². The van der Waals surface area contributed by atoms with Crippen LogP contribution in [0.15, 0.2) is 29.3 Å². The van der Waals surface area contributed by atoms with Crippen LogP contribution in [-0.2, 0) is 14.4 Å². The predicted molar refractivity (Wildman–Crippen MR) is 71.0 cm³/mol. The van der Waals surface area contributed by atoms with Gasteiger partial charge in [0.15, 0.2) is 0 Å². The lowest BCUT2D eigenvalue weighted by atomic mass is 9.85. The Labute approximate surface area is 111 Å². The first kappa shape index (κ1) is 13.4. The molecular formula is C14H16N2O3. The highest BCUT2D eigenvalue weighted by Crippen LogP contribution is 2.37. The summed E-state index contributed by atoms with van der Waals surface area (Å²) in [4.78, 5) is 31.4. The monoisotopic (exact) mass is 260 g/mol. The van der Waals surface area contributed by atoms with E-state index in [0.29, 0.717) is 19.3 Å². The van der Waals surface area contributed by atoms with Crippen molar-refractivity contribution in [2.45, 2.75) is 25.2 Å². The highest BCUT2D eigenvalue weighted by atomic mass is 16.7. The standard InChI is InChI=1S/C14H16N2O3/c1-16-11-5-2-9(3-6-11)13(14(18)19-15)10-4-7-12(17)8-10/h2-3,5-6,10,13H,1,4,7-8,15H2. The van der Waals surface area contributed by atoms with Crippen LogP contribution in [0.1, 0.15) is 30.7 Å². The Bertz CT molecular complexity index is 496. The molecule has 0 saturated heterocycles. The van der Waals surface area contributed by atoms with Gasteiger partial charge in [0.05, 0.1) is 11.6 Å². The first-order valence-electron chi connectivity index (χ1n) is 6.14. The summed E-state index contributed by atoms with van der Waals surface area (Å²) in [6, 6.07) is 7.15. The molecule has 5 heteroatoms. The second-order valence-electron chi connectivity index (χ2n) is 4.71. The number of benzene rings is 1. The zero-order chi connectivity index (χ0) is 13.8. The third-order valence-corrected chi connectivity index (χ3v) is 3.56. The number of nitrogens with two attached hydrogens (primary N) is 1. The summed E-state index contributed by atoms with van der Waals surface area (Å²) < 4.78 is 0. The van der Waals surface area contributed by atoms with Crippen LogP contribution in [0.5, 0.6) is 0 Å². The number of hydrogen-bond acceptors (Lipinski definition) is 5. The van der Waals surface area contributed by atoms with Gasteiger partial charge in [-0.25, -0.2) is 4.79 Å². The first-order valence-corrected chi connectivity index (χ1v) is 6.14. The Hall–Kier alpha value is -2.01. The molecule has 1 saturated carbocycles. The van der Waals surface area contributed by atoms with Gasteiger partial charge in [0.2, 0.25) is 0 Å². The molecule has 1 aromatic rings. The molecule has 5 nitrogen and oxygen atoms in total. The fourth-order valence-electron chi connectivity index (χ4n) is 2.59. The minimum atomic E-state index is -0.501. The summed E-state index contributed by atoms with van der Waals surface area (Å²) in [6.07, 6.45) is 1.62. The van der Waals surface area contributed by atoms with Crippen LogP contribution in [0, 0.1) is 5.92 Å². The molecule has 0 amide bonds. The first-order chi connectivity index (χ1) is 9.15. The fraction of sp³-hybridized carbons (Fsp3) is 0.357. The molecule has 1 aliphatic rings. The number of nitrogens with zero attached hydrogens (tertiary/aromatic N) is 1. The van der Waals surface area contributed by atoms with Gasteiger partial charge in [-0.3, -0.25) is 9.79 Å². The van der Waals surface area contributed by atoms with Crippen LogP contribution in [-0.4, -0.2) is 18.5 Å². The second kappa shape index (κ2) is 5.75. The molecule has 0 heterocycles. The maximum atomic E-state index is 11.9. The molecule has 2 rings (SSSR count). The molecule has 2 atom stereocenters. The van der Waals surface area contributed by atoms with Crippen molar-refractivity contribution in [1.82, 2.24) is 0 Å². The molecule has 19 heavy (non-hydrogen) atoms. The summed E-state index contributed by atoms with van der Waals surface area (Å²) >= 11 is 0. The van der Waals surface area contributed by atoms with E-state index in [1.807, 2.05) is 0 Å². The Morgan fingerprint density at radius 3 is 2.58 bits per heavy atom. The van der Waals surface area contributed by atoms with Crippen LogP contribution >= 0.6 is 0 Å². The molecule has 1 aromatic carbocycles. The maximum Gasteiger partial charge on any atom is 0.332 e. The summed E-state index contributed by atoms with van der Waals surface area (Å²) in [5.41, 5.74) is 1.52. The Morgan fingerprint density at radius 2 is 2.11 bits per heavy atom. The minimum absolute atomic E-state index is 0.0360. The van der Waals surface area contributed by atoms with Gasteiger partial charge in [-0.2, -0.15) is 5.90 Å². The molecule has 0 bridgehead atoms. The van der Waals surface area contributed by atoms with Gasteiger partial charge in [0.1, 0.15) is 5.78 Å². The highest BCUT2D eigenvalue weighted by Gasteiger charge is 2.36. The van der Waals surface area contributed by atoms with Crippen molar-refractivity contribution >= 4 is 24.2 Å². The van der Waals surface area contributed by atoms with Crippen molar-refractivity contribution in [2.24, 2.45) is 16.8 Å². The lowest BCUT2D eigenvalue weighted by Crippen LogP contribution is -2.25. The number of carbonyl (C=O) groups excluding carboxylic acids is 2. The van der Waals surface area contributed by atoms with Crippen LogP contribution in [0.4, 0.5) is 5.69 Å². The van der Waals surface area contributed by atoms with Gasteiger partial charge in [0, 0.05) is 12.8 Å². The van der Waals surface area contributed by atoms with Crippen molar-refractivity contribution in [2.75, 3.05) is 0 Å². The average Bonchev–Trinajstić information content (AvgIpc) is 2.86. The molecule has 0 aliphatic heterocycles. The van der Waals surface area contributed by atoms with Crippen molar-refractivity contribution < 1.29 is 14.4 Å². The zero-order valence-electron chi connectivity index (χ0n) is 10.5. The van der Waals surface area contributed by atoms with E-state index in [9.17, 15) is 9.59 Å². The van der Waals surface area contributed by atoms with Crippen LogP contribution in [0.3, 0.4) is 0 Å². The highest BCUT2D eigenvalue weighted by molar-refractivity contribution is 5.84. The summed E-state index contributed by atoms with van der Waals surface area (Å²) in [5.74, 6) is 4.16. The number of carbonyl (C=O) groups is 2. The Morgan fingerprint density at radius 1 is 1.42 bits per heavy atom. The van der Waals surface area contributed by atoms with Gasteiger partial charge >= 0.3 is 5.97 Å². The second-order valence-corrected chi connectivity index (χ2v) is 4.71. The fourth-order valence-corrected chi connectivity index (χ4v) is 2.59. The third kappa shape index (κ3) is 2.88. The molecule has 0 radical (unpaired) electrons. The SMILES string of the molecule is C=Nc1ccc(C(C(=O)ON)C2CCC(=O)C2)cc1. The van der Waals surface area contributed by atoms with Gasteiger partial charge in [-0.1, -0.05) is 12.1 Å². The third-order valence-electron chi connectivity index (χ3n) is 3.56. The predicted octanol–water partition coefficient (Wildman–Crippen LogP) is 1.89. The Balaban J connectivity index is 2.28. The number of rotatable bonds is 4. The summed E-state index contributed by atoms with van der Waals surface area (Å²) in [6.45, 7) is 3.44. The van der Waals surface area contributed by atoms with Crippen molar-refractivity contribution in [3.63, 3.8) is 0 Å². The number of aliphatic imine (C=N–C) groups is 1. The average molecular weight is 260 g/mol. The van der Waals surface area contributed by atoms with Gasteiger partial charge < -0.3 is 4.84 Å². The van der Waals surface area contributed by atoms with Gasteiger partial charge in [0.25, 0.3) is 0 Å². The molecule has 2 unspecified atom stereocenters. The van der Waals surface area contributed by atoms with E-state index < -0.39 is 11.9 Å². The summed E-state index contributed by atoms with van der Waals surface area (Å²) in [5, 5.41) is 0. The van der Waals surface area contributed by atoms with E-state index in [2.05, 4.69) is 16.5 Å². The number of ketones is 1. The van der Waals surface area contributed by atoms with E-state index >= 15 is 0 Å². The quantitative estimate of drug-likeness (QED) is 0.662. The van der Waals surface area contributed by atoms with Crippen molar-refractivity contribution in [1.29, 1.82) is 0 Å². The maximum absolute atomic E-state index is 11.9. The normalized spacial score (nSPS) is 20.1.